The van der Waals surface area contributed by atoms with E-state index in [0.717, 1.165) is 36.1 Å². The number of aliphatic carboxylic acids is 1. The molecule has 2 N–H and O–H groups in total. The lowest BCUT2D eigenvalue weighted by molar-refractivity contribution is -0.146. The molecule has 1 fully saturated rings. The summed E-state index contributed by atoms with van der Waals surface area (Å²) in [6, 6.07) is 0. The molecule has 0 radical (unpaired) electrons. The van der Waals surface area contributed by atoms with Crippen LogP contribution in [0, 0.1) is 29.6 Å². The minimum atomic E-state index is -0.927. The number of fused-ring (bicyclic) bond motifs is 3. The van der Waals surface area contributed by atoms with Gasteiger partial charge in [-0.1, -0.05) is 25.5 Å². The van der Waals surface area contributed by atoms with E-state index in [4.69, 9.17) is 4.74 Å². The molecule has 5 atom stereocenters. The summed E-state index contributed by atoms with van der Waals surface area (Å²) >= 11 is 1.45. The van der Waals surface area contributed by atoms with Crippen LogP contribution in [0.15, 0.2) is 12.2 Å². The van der Waals surface area contributed by atoms with Crippen LogP contribution in [0.3, 0.4) is 0 Å². The van der Waals surface area contributed by atoms with Gasteiger partial charge in [-0.3, -0.25) is 9.59 Å². The molecule has 1 amide bonds. The standard InChI is InChI=1S/C22H27NO5S/c1-3-11-5-8-14-15(9-11)29-20(18(14)22(27)28-4-2)23-19(24)16-12-6-7-13(10-12)17(16)21(25)26/h6-7,11-13,16-17H,3-5,8-10H2,1-2H3,(H,23,24)(H,25,26)/t11-,12-,13+,16-,17+/m1/s1. The van der Waals surface area contributed by atoms with Gasteiger partial charge in [0.2, 0.25) is 5.91 Å². The van der Waals surface area contributed by atoms with Crippen molar-refractivity contribution >= 4 is 34.2 Å². The van der Waals surface area contributed by atoms with Crippen LogP contribution in [0.4, 0.5) is 5.00 Å². The first-order valence-corrected chi connectivity index (χ1v) is 11.3. The molecule has 2 bridgehead atoms. The fraction of sp³-hybridized carbons (Fsp3) is 0.591. The van der Waals surface area contributed by atoms with Crippen molar-refractivity contribution in [3.8, 4) is 0 Å². The number of carboxylic acids is 1. The second-order valence-electron chi connectivity index (χ2n) is 8.27. The Hall–Kier alpha value is -2.15. The molecule has 0 aromatic carbocycles. The quantitative estimate of drug-likeness (QED) is 0.541. The molecule has 156 valence electrons. The molecule has 1 saturated carbocycles. The highest BCUT2D eigenvalue weighted by Gasteiger charge is 2.51. The van der Waals surface area contributed by atoms with Crippen LogP contribution < -0.4 is 5.32 Å². The Morgan fingerprint density at radius 1 is 1.21 bits per heavy atom. The molecule has 0 spiro atoms. The van der Waals surface area contributed by atoms with Gasteiger partial charge in [0.1, 0.15) is 5.00 Å². The Morgan fingerprint density at radius 3 is 2.59 bits per heavy atom. The third-order valence-electron chi connectivity index (χ3n) is 6.71. The van der Waals surface area contributed by atoms with Crippen molar-refractivity contribution in [2.75, 3.05) is 11.9 Å². The molecule has 1 aromatic rings. The van der Waals surface area contributed by atoms with Crippen molar-refractivity contribution in [2.24, 2.45) is 29.6 Å². The van der Waals surface area contributed by atoms with E-state index in [-0.39, 0.29) is 24.3 Å². The number of ether oxygens (including phenoxy) is 1. The molecule has 3 aliphatic carbocycles. The molecule has 4 rings (SSSR count). The van der Waals surface area contributed by atoms with Gasteiger partial charge in [-0.25, -0.2) is 4.79 Å². The molecule has 1 heterocycles. The number of hydrogen-bond donors (Lipinski definition) is 2. The lowest BCUT2D eigenvalue weighted by Gasteiger charge is -2.23. The Bertz CT molecular complexity index is 873. The van der Waals surface area contributed by atoms with Crippen molar-refractivity contribution in [1.29, 1.82) is 0 Å². The van der Waals surface area contributed by atoms with Gasteiger partial charge < -0.3 is 15.2 Å². The Balaban J connectivity index is 1.63. The summed E-state index contributed by atoms with van der Waals surface area (Å²) in [4.78, 5) is 38.7. The molecule has 7 heteroatoms. The summed E-state index contributed by atoms with van der Waals surface area (Å²) in [5.74, 6) is -2.47. The smallest absolute Gasteiger partial charge is 0.341 e. The zero-order valence-electron chi connectivity index (χ0n) is 16.8. The van der Waals surface area contributed by atoms with Crippen LogP contribution in [-0.4, -0.2) is 29.6 Å². The van der Waals surface area contributed by atoms with Gasteiger partial charge in [-0.05, 0) is 55.9 Å². The van der Waals surface area contributed by atoms with Crippen molar-refractivity contribution < 1.29 is 24.2 Å². The molecule has 6 nitrogen and oxygen atoms in total. The fourth-order valence-electron chi connectivity index (χ4n) is 5.22. The highest BCUT2D eigenvalue weighted by Crippen LogP contribution is 2.49. The van der Waals surface area contributed by atoms with E-state index in [0.29, 0.717) is 22.9 Å². The maximum atomic E-state index is 13.1. The number of hydrogen-bond acceptors (Lipinski definition) is 5. The summed E-state index contributed by atoms with van der Waals surface area (Å²) in [5, 5.41) is 13.1. The summed E-state index contributed by atoms with van der Waals surface area (Å²) in [5.41, 5.74) is 1.47. The molecule has 0 saturated heterocycles. The summed E-state index contributed by atoms with van der Waals surface area (Å²) in [6.07, 6.45) is 8.43. The van der Waals surface area contributed by atoms with Crippen molar-refractivity contribution in [2.45, 2.75) is 46.0 Å². The number of allylic oxidation sites excluding steroid dienone is 2. The van der Waals surface area contributed by atoms with E-state index in [9.17, 15) is 19.5 Å². The summed E-state index contributed by atoms with van der Waals surface area (Å²) in [6.45, 7) is 4.21. The van der Waals surface area contributed by atoms with Gasteiger partial charge in [-0.15, -0.1) is 11.3 Å². The summed E-state index contributed by atoms with van der Waals surface area (Å²) < 4.78 is 5.27. The molecule has 29 heavy (non-hydrogen) atoms. The van der Waals surface area contributed by atoms with Gasteiger partial charge in [-0.2, -0.15) is 0 Å². The van der Waals surface area contributed by atoms with Crippen molar-refractivity contribution in [3.63, 3.8) is 0 Å². The third-order valence-corrected chi connectivity index (χ3v) is 7.88. The average Bonchev–Trinajstić information content (AvgIpc) is 3.39. The van der Waals surface area contributed by atoms with Gasteiger partial charge in [0, 0.05) is 4.88 Å². The van der Waals surface area contributed by atoms with Crippen LogP contribution >= 0.6 is 11.3 Å². The monoisotopic (exact) mass is 417 g/mol. The largest absolute Gasteiger partial charge is 0.481 e. The summed E-state index contributed by atoms with van der Waals surface area (Å²) in [7, 11) is 0. The fourth-order valence-corrected chi connectivity index (χ4v) is 6.57. The Labute approximate surface area is 174 Å². The SMILES string of the molecule is CCOC(=O)c1c(NC(=O)[C@H]2[C@@H](C(=O)O)[C@H]3C=C[C@@H]2C3)sc2c1CC[C@@H](CC)C2. The highest BCUT2D eigenvalue weighted by molar-refractivity contribution is 7.17. The molecule has 3 aliphatic rings. The predicted octanol–water partition coefficient (Wildman–Crippen LogP) is 3.90. The number of amides is 1. The zero-order valence-corrected chi connectivity index (χ0v) is 17.6. The lowest BCUT2D eigenvalue weighted by atomic mass is 9.82. The Kier molecular flexibility index (Phi) is 5.51. The molecular weight excluding hydrogens is 390 g/mol. The van der Waals surface area contributed by atoms with Crippen molar-refractivity contribution in [3.05, 3.63) is 28.2 Å². The number of nitrogens with one attached hydrogen (secondary N) is 1. The lowest BCUT2D eigenvalue weighted by Crippen LogP contribution is -2.36. The maximum Gasteiger partial charge on any atom is 0.341 e. The van der Waals surface area contributed by atoms with Crippen LogP contribution in [0.1, 0.15) is 53.9 Å². The van der Waals surface area contributed by atoms with Crippen LogP contribution in [-0.2, 0) is 27.2 Å². The number of thiophene rings is 1. The molecule has 1 aromatic heterocycles. The van der Waals surface area contributed by atoms with Gasteiger partial charge in [0.25, 0.3) is 0 Å². The first-order chi connectivity index (χ1) is 13.9. The van der Waals surface area contributed by atoms with Gasteiger partial charge in [0.05, 0.1) is 24.0 Å². The van der Waals surface area contributed by atoms with E-state index in [1.165, 1.54) is 11.3 Å². The van der Waals surface area contributed by atoms with E-state index in [1.54, 1.807) is 6.92 Å². The van der Waals surface area contributed by atoms with Crippen molar-refractivity contribution in [1.82, 2.24) is 0 Å². The minimum absolute atomic E-state index is 0.0498. The van der Waals surface area contributed by atoms with E-state index < -0.39 is 23.8 Å². The minimum Gasteiger partial charge on any atom is -0.481 e. The number of anilines is 1. The van der Waals surface area contributed by atoms with E-state index in [1.807, 2.05) is 12.2 Å². The molecule has 0 unspecified atom stereocenters. The first-order valence-electron chi connectivity index (χ1n) is 10.5. The van der Waals surface area contributed by atoms with Gasteiger partial charge >= 0.3 is 11.9 Å². The molecule has 0 aliphatic heterocycles. The van der Waals surface area contributed by atoms with Crippen LogP contribution in [0.25, 0.3) is 0 Å². The number of esters is 1. The van der Waals surface area contributed by atoms with E-state index in [2.05, 4.69) is 12.2 Å². The second-order valence-corrected chi connectivity index (χ2v) is 9.38. The average molecular weight is 418 g/mol. The van der Waals surface area contributed by atoms with Gasteiger partial charge in [0.15, 0.2) is 0 Å². The number of rotatable bonds is 6. The first kappa shape index (κ1) is 20.1. The van der Waals surface area contributed by atoms with Crippen LogP contribution in [0.2, 0.25) is 0 Å². The third kappa shape index (κ3) is 3.50. The van der Waals surface area contributed by atoms with Crippen LogP contribution in [0.5, 0.6) is 0 Å². The normalized spacial score (nSPS) is 29.5. The second kappa shape index (κ2) is 7.94. The maximum absolute atomic E-state index is 13.1. The van der Waals surface area contributed by atoms with E-state index >= 15 is 0 Å². The Morgan fingerprint density at radius 2 is 1.93 bits per heavy atom. The number of carboxylic acid groups (broad SMARTS) is 1. The predicted molar refractivity (Wildman–Crippen MR) is 110 cm³/mol. The molecular formula is C22H27NO5S. The highest BCUT2D eigenvalue weighted by atomic mass is 32.1. The zero-order chi connectivity index (χ0) is 20.7. The number of carbonyl (C=O) groups excluding carboxylic acids is 2. The number of carbonyl (C=O) groups is 3. The topological polar surface area (TPSA) is 92.7 Å².